The Morgan fingerprint density at radius 3 is 1.59 bits per heavy atom. The maximum atomic E-state index is 15.6. The second-order valence-corrected chi connectivity index (χ2v) is 15.8. The van der Waals surface area contributed by atoms with Gasteiger partial charge in [0.05, 0.1) is 10.0 Å². The standard InChI is InChI=1S/C32H36NO2PS/c1-31(2,3)26-21-23(22-27(29(26)34)32(4,5)6)30(37-28-19-13-14-20-33-28)36(35,24-15-9-7-10-16-24)25-17-11-8-12-18-25/h7-22,30,34H,1-6H3. The van der Waals surface area contributed by atoms with Gasteiger partial charge in [0.1, 0.15) is 5.75 Å². The van der Waals surface area contributed by atoms with Gasteiger partial charge in [0.25, 0.3) is 0 Å². The lowest BCUT2D eigenvalue weighted by atomic mass is 9.78. The summed E-state index contributed by atoms with van der Waals surface area (Å²) in [5.41, 5.74) is 2.04. The van der Waals surface area contributed by atoms with Crippen LogP contribution in [-0.2, 0) is 15.4 Å². The highest BCUT2D eigenvalue weighted by Gasteiger charge is 2.40. The minimum atomic E-state index is -3.24. The summed E-state index contributed by atoms with van der Waals surface area (Å²) < 4.78 is 15.6. The van der Waals surface area contributed by atoms with Crippen molar-refractivity contribution in [1.29, 1.82) is 0 Å². The van der Waals surface area contributed by atoms with E-state index in [0.717, 1.165) is 32.3 Å². The van der Waals surface area contributed by atoms with Crippen LogP contribution in [0.25, 0.3) is 0 Å². The summed E-state index contributed by atoms with van der Waals surface area (Å²) in [5.74, 6) is 0.319. The van der Waals surface area contributed by atoms with Crippen molar-refractivity contribution < 1.29 is 9.67 Å². The lowest BCUT2D eigenvalue weighted by molar-refractivity contribution is 0.423. The van der Waals surface area contributed by atoms with Crippen molar-refractivity contribution in [1.82, 2.24) is 4.98 Å². The summed E-state index contributed by atoms with van der Waals surface area (Å²) in [7, 11) is -3.24. The van der Waals surface area contributed by atoms with Crippen molar-refractivity contribution in [3.05, 3.63) is 114 Å². The molecule has 1 aromatic heterocycles. The Morgan fingerprint density at radius 2 is 1.19 bits per heavy atom. The molecule has 4 rings (SSSR count). The van der Waals surface area contributed by atoms with Gasteiger partial charge in [0.2, 0.25) is 0 Å². The quantitative estimate of drug-likeness (QED) is 0.202. The molecule has 3 nitrogen and oxygen atoms in total. The third-order valence-corrected chi connectivity index (χ3v) is 11.8. The van der Waals surface area contributed by atoms with E-state index in [4.69, 9.17) is 0 Å². The maximum absolute atomic E-state index is 15.6. The lowest BCUT2D eigenvalue weighted by Crippen LogP contribution is -2.22. The van der Waals surface area contributed by atoms with Gasteiger partial charge in [-0.1, -0.05) is 120 Å². The van der Waals surface area contributed by atoms with E-state index in [9.17, 15) is 5.11 Å². The number of thioether (sulfide) groups is 1. The van der Waals surface area contributed by atoms with E-state index in [1.807, 2.05) is 78.9 Å². The summed E-state index contributed by atoms with van der Waals surface area (Å²) in [5, 5.41) is 13.8. The van der Waals surface area contributed by atoms with Gasteiger partial charge in [-0.3, -0.25) is 0 Å². The average molecular weight is 530 g/mol. The highest BCUT2D eigenvalue weighted by molar-refractivity contribution is 8.08. The average Bonchev–Trinajstić information content (AvgIpc) is 2.87. The van der Waals surface area contributed by atoms with E-state index >= 15 is 4.57 Å². The summed E-state index contributed by atoms with van der Waals surface area (Å²) in [4.78, 5) is 4.15. The van der Waals surface area contributed by atoms with Gasteiger partial charge in [-0.25, -0.2) is 4.98 Å². The van der Waals surface area contributed by atoms with E-state index in [1.165, 1.54) is 11.8 Å². The normalized spacial score (nSPS) is 13.4. The molecule has 5 heteroatoms. The molecule has 0 aliphatic heterocycles. The minimum Gasteiger partial charge on any atom is -0.507 e. The summed E-state index contributed by atoms with van der Waals surface area (Å²) >= 11 is 1.53. The number of aromatic hydroxyl groups is 1. The van der Waals surface area contributed by atoms with Crippen LogP contribution in [0.3, 0.4) is 0 Å². The van der Waals surface area contributed by atoms with Gasteiger partial charge < -0.3 is 9.67 Å². The van der Waals surface area contributed by atoms with E-state index in [2.05, 4.69) is 58.7 Å². The predicted molar refractivity (Wildman–Crippen MR) is 158 cm³/mol. The molecule has 1 heterocycles. The second-order valence-electron chi connectivity index (χ2n) is 11.4. The Morgan fingerprint density at radius 1 is 0.730 bits per heavy atom. The van der Waals surface area contributed by atoms with Crippen molar-refractivity contribution in [2.24, 2.45) is 0 Å². The molecule has 0 fully saturated rings. The van der Waals surface area contributed by atoms with E-state index in [-0.39, 0.29) is 10.8 Å². The number of phenols is 1. The molecule has 0 amide bonds. The number of pyridine rings is 1. The highest BCUT2D eigenvalue weighted by atomic mass is 32.2. The molecule has 0 bridgehead atoms. The molecule has 0 aliphatic carbocycles. The van der Waals surface area contributed by atoms with Crippen molar-refractivity contribution in [2.75, 3.05) is 0 Å². The first-order valence-corrected chi connectivity index (χ1v) is 15.2. The number of aromatic nitrogens is 1. The van der Waals surface area contributed by atoms with Crippen LogP contribution in [0, 0.1) is 0 Å². The zero-order valence-corrected chi connectivity index (χ0v) is 24.2. The fourth-order valence-corrected chi connectivity index (χ4v) is 9.61. The molecule has 3 aromatic carbocycles. The summed E-state index contributed by atoms with van der Waals surface area (Å²) in [6.45, 7) is 12.6. The number of hydrogen-bond donors (Lipinski definition) is 1. The fourth-order valence-electron chi connectivity index (χ4n) is 4.54. The van der Waals surface area contributed by atoms with Gasteiger partial charge >= 0.3 is 0 Å². The first-order valence-electron chi connectivity index (χ1n) is 12.6. The third kappa shape index (κ3) is 5.71. The lowest BCUT2D eigenvalue weighted by Gasteiger charge is -2.33. The first kappa shape index (κ1) is 27.2. The smallest absolute Gasteiger partial charge is 0.160 e. The Balaban J connectivity index is 2.08. The van der Waals surface area contributed by atoms with Gasteiger partial charge in [-0.15, -0.1) is 0 Å². The molecule has 1 unspecified atom stereocenters. The van der Waals surface area contributed by atoms with E-state index < -0.39 is 12.1 Å². The first-order chi connectivity index (χ1) is 17.4. The summed E-state index contributed by atoms with van der Waals surface area (Å²) in [6, 6.07) is 29.5. The zero-order valence-electron chi connectivity index (χ0n) is 22.5. The van der Waals surface area contributed by atoms with E-state index in [0.29, 0.717) is 5.75 Å². The van der Waals surface area contributed by atoms with Crippen LogP contribution in [0.5, 0.6) is 5.75 Å². The molecule has 37 heavy (non-hydrogen) atoms. The number of nitrogens with zero attached hydrogens (tertiary/aromatic N) is 1. The molecule has 0 aliphatic rings. The summed E-state index contributed by atoms with van der Waals surface area (Å²) in [6.07, 6.45) is 1.77. The molecule has 1 atom stereocenters. The number of benzene rings is 3. The Hall–Kier alpha value is -2.81. The number of rotatable bonds is 6. The second kappa shape index (κ2) is 10.5. The van der Waals surface area contributed by atoms with Crippen LogP contribution in [0.2, 0.25) is 0 Å². The van der Waals surface area contributed by atoms with E-state index in [1.54, 1.807) is 6.20 Å². The van der Waals surface area contributed by atoms with Crippen molar-refractivity contribution in [2.45, 2.75) is 62.4 Å². The van der Waals surface area contributed by atoms with Crippen molar-refractivity contribution >= 4 is 29.5 Å². The highest BCUT2D eigenvalue weighted by Crippen LogP contribution is 2.64. The molecule has 0 radical (unpaired) electrons. The number of hydrogen-bond acceptors (Lipinski definition) is 4. The van der Waals surface area contributed by atoms with Crippen LogP contribution in [0.4, 0.5) is 0 Å². The topological polar surface area (TPSA) is 50.2 Å². The molecule has 4 aromatic rings. The maximum Gasteiger partial charge on any atom is 0.160 e. The van der Waals surface area contributed by atoms with Crippen molar-refractivity contribution in [3.8, 4) is 5.75 Å². The molecular weight excluding hydrogens is 493 g/mol. The predicted octanol–water partition coefficient (Wildman–Crippen LogP) is 8.19. The Bertz CT molecular complexity index is 1310. The van der Waals surface area contributed by atoms with Crippen molar-refractivity contribution in [3.63, 3.8) is 0 Å². The Kier molecular flexibility index (Phi) is 7.74. The van der Waals surface area contributed by atoms with Crippen LogP contribution >= 0.6 is 18.9 Å². The van der Waals surface area contributed by atoms with Gasteiger partial charge in [-0.2, -0.15) is 0 Å². The minimum absolute atomic E-state index is 0.302. The largest absolute Gasteiger partial charge is 0.507 e. The fraction of sp³-hybridized carbons (Fsp3) is 0.281. The molecular formula is C32H36NO2PS. The van der Waals surface area contributed by atoms with Crippen LogP contribution in [0.1, 0.15) is 63.2 Å². The number of phenolic OH excluding ortho intramolecular Hbond substituents is 1. The van der Waals surface area contributed by atoms with Crippen LogP contribution < -0.4 is 10.6 Å². The Labute approximate surface area is 225 Å². The molecule has 0 saturated heterocycles. The zero-order chi connectivity index (χ0) is 26.8. The van der Waals surface area contributed by atoms with Gasteiger partial charge in [0, 0.05) is 16.8 Å². The third-order valence-electron chi connectivity index (χ3n) is 6.51. The van der Waals surface area contributed by atoms with Gasteiger partial charge in [-0.05, 0) is 51.8 Å². The van der Waals surface area contributed by atoms with Crippen LogP contribution in [-0.4, -0.2) is 10.1 Å². The monoisotopic (exact) mass is 529 g/mol. The van der Waals surface area contributed by atoms with Gasteiger partial charge in [0.15, 0.2) is 7.14 Å². The molecule has 0 saturated carbocycles. The molecule has 192 valence electrons. The van der Waals surface area contributed by atoms with Crippen LogP contribution in [0.15, 0.2) is 102 Å². The molecule has 1 N–H and O–H groups in total. The molecule has 0 spiro atoms. The SMILES string of the molecule is CC(C)(C)c1cc(C(Sc2ccccn2)P(=O)(c2ccccc2)c2ccccc2)cc(C(C)(C)C)c1O.